The minimum atomic E-state index is -4.11. The van der Waals surface area contributed by atoms with E-state index in [1.165, 1.54) is 0 Å². The Balaban J connectivity index is 4.53. The van der Waals surface area contributed by atoms with Crippen molar-refractivity contribution in [2.75, 3.05) is 0 Å². The van der Waals surface area contributed by atoms with Crippen molar-refractivity contribution in [3.05, 3.63) is 0 Å². The van der Waals surface area contributed by atoms with Crippen LogP contribution < -0.4 is 0 Å². The molecule has 1 N–H and O–H groups in total. The van der Waals surface area contributed by atoms with Gasteiger partial charge in [0.15, 0.2) is 3.41 Å². The second-order valence-corrected chi connectivity index (χ2v) is 5.92. The van der Waals surface area contributed by atoms with Crippen LogP contribution in [0, 0.1) is 0 Å². The van der Waals surface area contributed by atoms with Crippen molar-refractivity contribution in [3.8, 4) is 0 Å². The van der Waals surface area contributed by atoms with Gasteiger partial charge in [-0.1, -0.05) is 0 Å². The van der Waals surface area contributed by atoms with Gasteiger partial charge in [-0.05, 0) is 6.92 Å². The lowest BCUT2D eigenvalue weighted by molar-refractivity contribution is 0.479. The van der Waals surface area contributed by atoms with Gasteiger partial charge in [-0.15, -0.1) is 25.3 Å². The van der Waals surface area contributed by atoms with E-state index in [-0.39, 0.29) is 0 Å². The highest BCUT2D eigenvalue weighted by Crippen LogP contribution is 2.23. The monoisotopic (exact) mass is 174 g/mol. The molecule has 50 valence electrons. The Morgan fingerprint density at radius 3 is 1.62 bits per heavy atom. The fourth-order valence-corrected chi connectivity index (χ4v) is 0. The summed E-state index contributed by atoms with van der Waals surface area (Å²) in [5, 5.41) is 0. The van der Waals surface area contributed by atoms with Crippen LogP contribution >= 0.6 is 25.3 Å². The van der Waals surface area contributed by atoms with E-state index < -0.39 is 13.5 Å². The van der Waals surface area contributed by atoms with Crippen molar-refractivity contribution < 1.29 is 13.0 Å². The van der Waals surface area contributed by atoms with Crippen molar-refractivity contribution in [1.82, 2.24) is 0 Å². The molecule has 0 saturated heterocycles. The van der Waals surface area contributed by atoms with E-state index in [9.17, 15) is 8.42 Å². The summed E-state index contributed by atoms with van der Waals surface area (Å²) in [5.41, 5.74) is 0. The molecule has 0 aliphatic rings. The minimum absolute atomic E-state index is 1.16. The molecular weight excluding hydrogens is 168 g/mol. The largest absolute Gasteiger partial charge is 0.289 e. The Bertz CT molecular complexity index is 161. The highest BCUT2D eigenvalue weighted by atomic mass is 32.3. The van der Waals surface area contributed by atoms with Crippen LogP contribution in [0.2, 0.25) is 0 Å². The molecule has 0 rings (SSSR count). The Morgan fingerprint density at radius 2 is 1.62 bits per heavy atom. The lowest BCUT2D eigenvalue weighted by Crippen LogP contribution is -2.20. The van der Waals surface area contributed by atoms with Gasteiger partial charge in [0.05, 0.1) is 0 Å². The molecule has 0 atom stereocenters. The molecule has 0 amide bonds. The average Bonchev–Trinajstić information content (AvgIpc) is 1.25. The van der Waals surface area contributed by atoms with Crippen LogP contribution in [0.5, 0.6) is 0 Å². The first-order chi connectivity index (χ1) is 3.25. The maximum absolute atomic E-state index is 10.1. The number of thiol groups is 2. The molecule has 0 aromatic rings. The van der Waals surface area contributed by atoms with Gasteiger partial charge in [-0.2, -0.15) is 8.42 Å². The molecule has 0 unspecified atom stereocenters. The molecule has 0 aromatic carbocycles. The van der Waals surface area contributed by atoms with E-state index in [0.29, 0.717) is 0 Å². The third-order valence-electron chi connectivity index (χ3n) is 0.489. The van der Waals surface area contributed by atoms with Crippen LogP contribution in [-0.2, 0) is 10.1 Å². The molecule has 8 heavy (non-hydrogen) atoms. The number of rotatable bonds is 1. The molecule has 0 bridgehead atoms. The topological polar surface area (TPSA) is 54.4 Å². The van der Waals surface area contributed by atoms with Gasteiger partial charge < -0.3 is 0 Å². The van der Waals surface area contributed by atoms with Gasteiger partial charge in [0.1, 0.15) is 0 Å². The van der Waals surface area contributed by atoms with Crippen LogP contribution in [0.15, 0.2) is 0 Å². The molecular formula is C2H6O3S3. The summed E-state index contributed by atoms with van der Waals surface area (Å²) in [6.45, 7) is 1.16. The predicted octanol–water partition coefficient (Wildman–Crippen LogP) is 0.407. The molecule has 0 aromatic heterocycles. The van der Waals surface area contributed by atoms with Crippen molar-refractivity contribution in [2.24, 2.45) is 0 Å². The van der Waals surface area contributed by atoms with Gasteiger partial charge in [0.2, 0.25) is 0 Å². The second-order valence-electron chi connectivity index (χ2n) is 1.41. The zero-order valence-electron chi connectivity index (χ0n) is 4.07. The maximum Gasteiger partial charge on any atom is 0.289 e. The van der Waals surface area contributed by atoms with Gasteiger partial charge in [-0.3, -0.25) is 4.55 Å². The average molecular weight is 174 g/mol. The lowest BCUT2D eigenvalue weighted by atomic mass is 10.9. The summed E-state index contributed by atoms with van der Waals surface area (Å²) in [6, 6.07) is 0. The molecule has 0 fully saturated rings. The molecule has 0 spiro atoms. The summed E-state index contributed by atoms with van der Waals surface area (Å²) in [7, 11) is -4.11. The van der Waals surface area contributed by atoms with Crippen molar-refractivity contribution in [1.29, 1.82) is 0 Å². The molecule has 3 nitrogen and oxygen atoms in total. The van der Waals surface area contributed by atoms with Gasteiger partial charge in [-0.25, -0.2) is 0 Å². The number of hydrogen-bond donors (Lipinski definition) is 3. The smallest absolute Gasteiger partial charge is 0.284 e. The molecule has 0 saturated carbocycles. The van der Waals surface area contributed by atoms with Crippen LogP contribution in [0.3, 0.4) is 0 Å². The van der Waals surface area contributed by atoms with Gasteiger partial charge in [0, 0.05) is 0 Å². The maximum atomic E-state index is 10.1. The van der Waals surface area contributed by atoms with Crippen molar-refractivity contribution in [2.45, 2.75) is 10.3 Å². The Kier molecular flexibility index (Phi) is 2.25. The quantitative estimate of drug-likeness (QED) is 0.306. The molecule has 0 aliphatic carbocycles. The summed E-state index contributed by atoms with van der Waals surface area (Å²) in [6.07, 6.45) is 0. The first kappa shape index (κ1) is 8.61. The second kappa shape index (κ2) is 2.09. The Labute approximate surface area is 59.0 Å². The van der Waals surface area contributed by atoms with E-state index >= 15 is 0 Å². The summed E-state index contributed by atoms with van der Waals surface area (Å²) >= 11 is 6.92. The zero-order valence-corrected chi connectivity index (χ0v) is 6.67. The molecule has 0 aliphatic heterocycles. The summed E-state index contributed by atoms with van der Waals surface area (Å²) in [5.74, 6) is 0. The molecule has 0 heterocycles. The normalized spacial score (nSPS) is 14.0. The summed E-state index contributed by atoms with van der Waals surface area (Å²) in [4.78, 5) is 0. The number of hydrogen-bond acceptors (Lipinski definition) is 4. The zero-order chi connectivity index (χ0) is 7.00. The minimum Gasteiger partial charge on any atom is -0.284 e. The van der Waals surface area contributed by atoms with E-state index in [0.717, 1.165) is 6.92 Å². The Hall–Kier alpha value is 0.610. The SMILES string of the molecule is CC(S)(S)S(=O)(=O)O. The fraction of sp³-hybridized carbons (Fsp3) is 1.00. The lowest BCUT2D eigenvalue weighted by Gasteiger charge is -2.09. The van der Waals surface area contributed by atoms with Crippen LogP contribution in [0.4, 0.5) is 0 Å². The van der Waals surface area contributed by atoms with Crippen molar-refractivity contribution >= 4 is 35.4 Å². The first-order valence-electron chi connectivity index (χ1n) is 1.67. The third-order valence-corrected chi connectivity index (χ3v) is 2.85. The molecule has 6 heteroatoms. The Morgan fingerprint density at radius 1 is 1.50 bits per heavy atom. The highest BCUT2D eigenvalue weighted by molar-refractivity contribution is 8.18. The third kappa shape index (κ3) is 2.25. The van der Waals surface area contributed by atoms with Crippen LogP contribution in [0.25, 0.3) is 0 Å². The standard InChI is InChI=1S/C2H6O3S3/c1-2(6,7)8(3,4)5/h6-7H,1H3,(H,3,4,5). The van der Waals surface area contributed by atoms with E-state index in [2.05, 4.69) is 25.3 Å². The van der Waals surface area contributed by atoms with Gasteiger partial charge in [0.25, 0.3) is 10.1 Å². The van der Waals surface area contributed by atoms with E-state index in [1.807, 2.05) is 0 Å². The molecule has 0 radical (unpaired) electrons. The van der Waals surface area contributed by atoms with E-state index in [4.69, 9.17) is 4.55 Å². The summed E-state index contributed by atoms with van der Waals surface area (Å²) < 4.78 is 26.6. The van der Waals surface area contributed by atoms with Crippen LogP contribution in [0.1, 0.15) is 6.92 Å². The van der Waals surface area contributed by atoms with E-state index in [1.54, 1.807) is 0 Å². The van der Waals surface area contributed by atoms with Crippen molar-refractivity contribution in [3.63, 3.8) is 0 Å². The fourth-order valence-electron chi connectivity index (χ4n) is 0. The highest BCUT2D eigenvalue weighted by Gasteiger charge is 2.28. The van der Waals surface area contributed by atoms with Crippen LogP contribution in [-0.4, -0.2) is 16.4 Å². The van der Waals surface area contributed by atoms with Gasteiger partial charge >= 0.3 is 0 Å². The predicted molar refractivity (Wildman–Crippen MR) is 37.9 cm³/mol. The first-order valence-corrected chi connectivity index (χ1v) is 4.00.